The van der Waals surface area contributed by atoms with Gasteiger partial charge >= 0.3 is 0 Å². The van der Waals surface area contributed by atoms with Crippen molar-refractivity contribution in [3.05, 3.63) is 63.9 Å². The van der Waals surface area contributed by atoms with Crippen molar-refractivity contribution >= 4 is 15.9 Å². The lowest BCUT2D eigenvalue weighted by Crippen LogP contribution is -2.33. The molecule has 1 aliphatic heterocycles. The molecule has 1 atom stereocenters. The van der Waals surface area contributed by atoms with Crippen molar-refractivity contribution in [2.24, 2.45) is 0 Å². The third-order valence-electron chi connectivity index (χ3n) is 4.44. The van der Waals surface area contributed by atoms with Gasteiger partial charge in [-0.15, -0.1) is 0 Å². The quantitative estimate of drug-likeness (QED) is 0.883. The number of hydrogen-bond acceptors (Lipinski definition) is 3. The van der Waals surface area contributed by atoms with E-state index in [1.807, 2.05) is 6.20 Å². The first-order valence-corrected chi connectivity index (χ1v) is 9.22. The summed E-state index contributed by atoms with van der Waals surface area (Å²) in [5.41, 5.74) is 3.74. The van der Waals surface area contributed by atoms with Crippen molar-refractivity contribution in [3.63, 3.8) is 0 Å². The van der Waals surface area contributed by atoms with Crippen LogP contribution in [0.3, 0.4) is 0 Å². The van der Waals surface area contributed by atoms with Crippen molar-refractivity contribution < 1.29 is 0 Å². The van der Waals surface area contributed by atoms with Gasteiger partial charge in [-0.1, -0.05) is 41.1 Å². The average Bonchev–Trinajstić information content (AvgIpc) is 2.85. The SMILES string of the molecule is CCc1ccc(C(c2cccc(Br)c2)N2CCCNCC2)nc1. The molecule has 0 radical (unpaired) electrons. The monoisotopic (exact) mass is 373 g/mol. The van der Waals surface area contributed by atoms with Gasteiger partial charge in [0.05, 0.1) is 11.7 Å². The summed E-state index contributed by atoms with van der Waals surface area (Å²) in [6.45, 7) is 6.46. The second-order valence-corrected chi connectivity index (χ2v) is 6.96. The Morgan fingerprint density at radius 3 is 2.87 bits per heavy atom. The molecule has 3 rings (SSSR count). The first-order valence-electron chi connectivity index (χ1n) is 8.43. The van der Waals surface area contributed by atoms with Crippen LogP contribution >= 0.6 is 15.9 Å². The number of nitrogens with one attached hydrogen (secondary N) is 1. The molecule has 3 nitrogen and oxygen atoms in total. The molecule has 2 heterocycles. The first kappa shape index (κ1) is 16.6. The molecule has 1 unspecified atom stereocenters. The number of halogens is 1. The highest BCUT2D eigenvalue weighted by atomic mass is 79.9. The van der Waals surface area contributed by atoms with E-state index < -0.39 is 0 Å². The van der Waals surface area contributed by atoms with Gasteiger partial charge in [0.15, 0.2) is 0 Å². The molecule has 1 aliphatic rings. The molecule has 0 spiro atoms. The van der Waals surface area contributed by atoms with Gasteiger partial charge in [0.25, 0.3) is 0 Å². The van der Waals surface area contributed by atoms with E-state index in [-0.39, 0.29) is 6.04 Å². The maximum atomic E-state index is 4.78. The van der Waals surface area contributed by atoms with E-state index in [4.69, 9.17) is 4.98 Å². The molecular weight excluding hydrogens is 350 g/mol. The van der Waals surface area contributed by atoms with Crippen molar-refractivity contribution in [1.29, 1.82) is 0 Å². The Hall–Kier alpha value is -1.23. The van der Waals surface area contributed by atoms with Gasteiger partial charge in [0, 0.05) is 30.3 Å². The number of aromatic nitrogens is 1. The number of benzene rings is 1. The van der Waals surface area contributed by atoms with Crippen molar-refractivity contribution in [1.82, 2.24) is 15.2 Å². The molecule has 0 saturated carbocycles. The zero-order chi connectivity index (χ0) is 16.1. The standard InChI is InChI=1S/C19H24BrN3/c1-2-15-7-8-18(22-14-15)19(16-5-3-6-17(20)13-16)23-11-4-9-21-10-12-23/h3,5-8,13-14,19,21H,2,4,9-12H2,1H3. The zero-order valence-electron chi connectivity index (χ0n) is 13.6. The summed E-state index contributed by atoms with van der Waals surface area (Å²) in [6.07, 6.45) is 4.23. The van der Waals surface area contributed by atoms with Crippen LogP contribution in [-0.4, -0.2) is 36.1 Å². The Balaban J connectivity index is 1.97. The van der Waals surface area contributed by atoms with Crippen LogP contribution in [0.2, 0.25) is 0 Å². The van der Waals surface area contributed by atoms with E-state index in [1.165, 1.54) is 17.5 Å². The van der Waals surface area contributed by atoms with E-state index >= 15 is 0 Å². The maximum absolute atomic E-state index is 4.78. The fourth-order valence-electron chi connectivity index (χ4n) is 3.18. The zero-order valence-corrected chi connectivity index (χ0v) is 15.2. The van der Waals surface area contributed by atoms with Crippen molar-refractivity contribution in [3.8, 4) is 0 Å². The molecular formula is C19H24BrN3. The van der Waals surface area contributed by atoms with Crippen LogP contribution in [0.4, 0.5) is 0 Å². The Kier molecular flexibility index (Phi) is 5.81. The number of nitrogens with zero attached hydrogens (tertiary/aromatic N) is 2. The summed E-state index contributed by atoms with van der Waals surface area (Å²) in [7, 11) is 0. The Morgan fingerprint density at radius 1 is 1.22 bits per heavy atom. The van der Waals surface area contributed by atoms with Crippen molar-refractivity contribution in [2.45, 2.75) is 25.8 Å². The largest absolute Gasteiger partial charge is 0.315 e. The van der Waals surface area contributed by atoms with E-state index in [9.17, 15) is 0 Å². The summed E-state index contributed by atoms with van der Waals surface area (Å²) in [5.74, 6) is 0. The lowest BCUT2D eigenvalue weighted by molar-refractivity contribution is 0.237. The predicted molar refractivity (Wildman–Crippen MR) is 98.7 cm³/mol. The number of pyridine rings is 1. The second kappa shape index (κ2) is 8.04. The molecule has 23 heavy (non-hydrogen) atoms. The van der Waals surface area contributed by atoms with Gasteiger partial charge in [0.2, 0.25) is 0 Å². The summed E-state index contributed by atoms with van der Waals surface area (Å²) in [6, 6.07) is 13.3. The maximum Gasteiger partial charge on any atom is 0.0777 e. The molecule has 1 aromatic heterocycles. The van der Waals surface area contributed by atoms with Crippen LogP contribution in [0.25, 0.3) is 0 Å². The summed E-state index contributed by atoms with van der Waals surface area (Å²) < 4.78 is 1.12. The smallest absolute Gasteiger partial charge is 0.0777 e. The minimum atomic E-state index is 0.221. The number of rotatable bonds is 4. The Labute approximate surface area is 147 Å². The fourth-order valence-corrected chi connectivity index (χ4v) is 3.59. The van der Waals surface area contributed by atoms with Crippen LogP contribution in [0.1, 0.15) is 36.2 Å². The number of aryl methyl sites for hydroxylation is 1. The first-order chi connectivity index (χ1) is 11.3. The van der Waals surface area contributed by atoms with E-state index in [0.29, 0.717) is 0 Å². The highest BCUT2D eigenvalue weighted by Gasteiger charge is 2.24. The van der Waals surface area contributed by atoms with Gasteiger partial charge in [-0.25, -0.2) is 0 Å². The third-order valence-corrected chi connectivity index (χ3v) is 4.93. The van der Waals surface area contributed by atoms with E-state index in [2.05, 4.69) is 69.5 Å². The molecule has 0 amide bonds. The highest BCUT2D eigenvalue weighted by molar-refractivity contribution is 9.10. The van der Waals surface area contributed by atoms with E-state index in [1.54, 1.807) is 0 Å². The molecule has 4 heteroatoms. The van der Waals surface area contributed by atoms with Gasteiger partial charge in [-0.3, -0.25) is 9.88 Å². The molecule has 1 N–H and O–H groups in total. The molecule has 122 valence electrons. The van der Waals surface area contributed by atoms with E-state index in [0.717, 1.165) is 42.8 Å². The van der Waals surface area contributed by atoms with Gasteiger partial charge < -0.3 is 5.32 Å². The molecule has 1 saturated heterocycles. The average molecular weight is 374 g/mol. The lowest BCUT2D eigenvalue weighted by Gasteiger charge is -2.30. The molecule has 0 bridgehead atoms. The minimum absolute atomic E-state index is 0.221. The lowest BCUT2D eigenvalue weighted by atomic mass is 10.0. The third kappa shape index (κ3) is 4.19. The molecule has 0 aliphatic carbocycles. The Morgan fingerprint density at radius 2 is 2.13 bits per heavy atom. The minimum Gasteiger partial charge on any atom is -0.315 e. The Bertz CT molecular complexity index is 619. The second-order valence-electron chi connectivity index (χ2n) is 6.04. The highest BCUT2D eigenvalue weighted by Crippen LogP contribution is 2.29. The van der Waals surface area contributed by atoms with Crippen LogP contribution < -0.4 is 5.32 Å². The summed E-state index contributed by atoms with van der Waals surface area (Å²) in [5, 5.41) is 3.49. The summed E-state index contributed by atoms with van der Waals surface area (Å²) in [4.78, 5) is 7.34. The summed E-state index contributed by atoms with van der Waals surface area (Å²) >= 11 is 3.61. The molecule has 1 aromatic carbocycles. The van der Waals surface area contributed by atoms with Crippen LogP contribution in [-0.2, 0) is 6.42 Å². The topological polar surface area (TPSA) is 28.2 Å². The van der Waals surface area contributed by atoms with Gasteiger partial charge in [0.1, 0.15) is 0 Å². The fraction of sp³-hybridized carbons (Fsp3) is 0.421. The molecule has 1 fully saturated rings. The normalized spacial score (nSPS) is 17.7. The predicted octanol–water partition coefficient (Wildman–Crippen LogP) is 3.79. The number of hydrogen-bond donors (Lipinski definition) is 1. The van der Waals surface area contributed by atoms with Crippen molar-refractivity contribution in [2.75, 3.05) is 26.2 Å². The van der Waals surface area contributed by atoms with Crippen LogP contribution in [0.15, 0.2) is 47.1 Å². The van der Waals surface area contributed by atoms with Gasteiger partial charge in [-0.2, -0.15) is 0 Å². The van der Waals surface area contributed by atoms with Gasteiger partial charge in [-0.05, 0) is 48.7 Å². The van der Waals surface area contributed by atoms with Crippen LogP contribution in [0.5, 0.6) is 0 Å². The molecule has 2 aromatic rings. The van der Waals surface area contributed by atoms with Crippen LogP contribution in [0, 0.1) is 0 Å².